The first-order valence-electron chi connectivity index (χ1n) is 3.77. The SMILES string of the molecule is COC1C=NC(C(C)C)=CN1. The molecule has 62 valence electrons. The first-order chi connectivity index (χ1) is 5.24. The molecule has 1 heterocycles. The van der Waals surface area contributed by atoms with Crippen LogP contribution in [0.3, 0.4) is 0 Å². The molecule has 1 rings (SSSR count). The van der Waals surface area contributed by atoms with Gasteiger partial charge in [-0.1, -0.05) is 13.8 Å². The molecule has 11 heavy (non-hydrogen) atoms. The summed E-state index contributed by atoms with van der Waals surface area (Å²) >= 11 is 0. The van der Waals surface area contributed by atoms with Crippen LogP contribution in [0.15, 0.2) is 16.9 Å². The molecule has 0 aliphatic carbocycles. The van der Waals surface area contributed by atoms with Gasteiger partial charge < -0.3 is 10.1 Å². The molecule has 0 amide bonds. The highest BCUT2D eigenvalue weighted by atomic mass is 16.5. The number of hydrogen-bond donors (Lipinski definition) is 1. The summed E-state index contributed by atoms with van der Waals surface area (Å²) in [6, 6.07) is 0. The Hall–Kier alpha value is -0.830. The van der Waals surface area contributed by atoms with Gasteiger partial charge in [0.05, 0.1) is 11.9 Å². The van der Waals surface area contributed by atoms with Crippen LogP contribution in [0.2, 0.25) is 0 Å². The molecule has 0 aromatic carbocycles. The number of rotatable bonds is 2. The van der Waals surface area contributed by atoms with E-state index in [-0.39, 0.29) is 6.23 Å². The van der Waals surface area contributed by atoms with Crippen LogP contribution in [0, 0.1) is 5.92 Å². The van der Waals surface area contributed by atoms with Gasteiger partial charge in [0.15, 0.2) is 6.23 Å². The van der Waals surface area contributed by atoms with Gasteiger partial charge in [0.1, 0.15) is 0 Å². The van der Waals surface area contributed by atoms with Crippen LogP contribution in [0.4, 0.5) is 0 Å². The summed E-state index contributed by atoms with van der Waals surface area (Å²) in [4.78, 5) is 4.23. The van der Waals surface area contributed by atoms with Crippen LogP contribution in [-0.2, 0) is 4.74 Å². The van der Waals surface area contributed by atoms with Gasteiger partial charge in [0.25, 0.3) is 0 Å². The summed E-state index contributed by atoms with van der Waals surface area (Å²) in [6.07, 6.45) is 3.62. The molecule has 0 aromatic heterocycles. The predicted octanol–water partition coefficient (Wildman–Crippen LogP) is 1.13. The topological polar surface area (TPSA) is 33.6 Å². The van der Waals surface area contributed by atoms with E-state index in [1.54, 1.807) is 13.3 Å². The largest absolute Gasteiger partial charge is 0.360 e. The molecule has 1 atom stereocenters. The van der Waals surface area contributed by atoms with E-state index in [1.807, 2.05) is 6.20 Å². The lowest BCUT2D eigenvalue weighted by atomic mass is 10.1. The zero-order valence-electron chi connectivity index (χ0n) is 7.16. The Morgan fingerprint density at radius 1 is 1.64 bits per heavy atom. The fourth-order valence-electron chi connectivity index (χ4n) is 0.846. The van der Waals surface area contributed by atoms with Crippen molar-refractivity contribution in [3.63, 3.8) is 0 Å². The second-order valence-electron chi connectivity index (χ2n) is 2.83. The van der Waals surface area contributed by atoms with Gasteiger partial charge >= 0.3 is 0 Å². The van der Waals surface area contributed by atoms with E-state index in [0.717, 1.165) is 5.70 Å². The highest BCUT2D eigenvalue weighted by Crippen LogP contribution is 2.11. The zero-order chi connectivity index (χ0) is 8.27. The molecular weight excluding hydrogens is 140 g/mol. The highest BCUT2D eigenvalue weighted by Gasteiger charge is 2.08. The molecule has 3 nitrogen and oxygen atoms in total. The minimum atomic E-state index is -0.0579. The Morgan fingerprint density at radius 3 is 2.73 bits per heavy atom. The van der Waals surface area contributed by atoms with E-state index in [2.05, 4.69) is 24.2 Å². The molecule has 3 heteroatoms. The fraction of sp³-hybridized carbons (Fsp3) is 0.625. The van der Waals surface area contributed by atoms with Crippen LogP contribution in [-0.4, -0.2) is 19.6 Å². The van der Waals surface area contributed by atoms with Crippen LogP contribution < -0.4 is 5.32 Å². The van der Waals surface area contributed by atoms with E-state index < -0.39 is 0 Å². The molecule has 0 aromatic rings. The minimum absolute atomic E-state index is 0.0579. The van der Waals surface area contributed by atoms with Crippen molar-refractivity contribution in [3.8, 4) is 0 Å². The number of ether oxygens (including phenoxy) is 1. The average Bonchev–Trinajstić information content (AvgIpc) is 2.05. The Labute approximate surface area is 67.2 Å². The first-order valence-corrected chi connectivity index (χ1v) is 3.77. The van der Waals surface area contributed by atoms with Gasteiger partial charge in [-0.25, -0.2) is 0 Å². The molecule has 1 unspecified atom stereocenters. The number of allylic oxidation sites excluding steroid dienone is 1. The fourth-order valence-corrected chi connectivity index (χ4v) is 0.846. The van der Waals surface area contributed by atoms with Gasteiger partial charge in [-0.2, -0.15) is 0 Å². The molecule has 0 saturated heterocycles. The third kappa shape index (κ3) is 2.05. The van der Waals surface area contributed by atoms with E-state index in [9.17, 15) is 0 Å². The molecule has 1 N–H and O–H groups in total. The van der Waals surface area contributed by atoms with Crippen molar-refractivity contribution in [3.05, 3.63) is 11.9 Å². The number of nitrogens with zero attached hydrogens (tertiary/aromatic N) is 1. The van der Waals surface area contributed by atoms with Crippen LogP contribution >= 0.6 is 0 Å². The molecule has 0 bridgehead atoms. The normalized spacial score (nSPS) is 23.3. The lowest BCUT2D eigenvalue weighted by molar-refractivity contribution is 0.142. The highest BCUT2D eigenvalue weighted by molar-refractivity contribution is 5.65. The lowest BCUT2D eigenvalue weighted by Gasteiger charge is -2.17. The third-order valence-electron chi connectivity index (χ3n) is 1.60. The summed E-state index contributed by atoms with van der Waals surface area (Å²) in [6.45, 7) is 4.22. The van der Waals surface area contributed by atoms with Gasteiger partial charge in [0, 0.05) is 13.3 Å². The molecule has 0 spiro atoms. The smallest absolute Gasteiger partial charge is 0.163 e. The maximum absolute atomic E-state index is 5.01. The van der Waals surface area contributed by atoms with Crippen molar-refractivity contribution in [2.24, 2.45) is 10.9 Å². The maximum atomic E-state index is 5.01. The second-order valence-corrected chi connectivity index (χ2v) is 2.83. The van der Waals surface area contributed by atoms with Crippen molar-refractivity contribution in [2.45, 2.75) is 20.1 Å². The third-order valence-corrected chi connectivity index (χ3v) is 1.60. The van der Waals surface area contributed by atoms with E-state index in [1.165, 1.54) is 0 Å². The maximum Gasteiger partial charge on any atom is 0.163 e. The monoisotopic (exact) mass is 154 g/mol. The van der Waals surface area contributed by atoms with Crippen LogP contribution in [0.1, 0.15) is 13.8 Å². The first kappa shape index (κ1) is 8.27. The van der Waals surface area contributed by atoms with Gasteiger partial charge in [-0.3, -0.25) is 4.99 Å². The number of methoxy groups -OCH3 is 1. The summed E-state index contributed by atoms with van der Waals surface area (Å²) < 4.78 is 5.01. The lowest BCUT2D eigenvalue weighted by Crippen LogP contribution is -2.31. The van der Waals surface area contributed by atoms with E-state index in [4.69, 9.17) is 4.74 Å². The summed E-state index contributed by atoms with van der Waals surface area (Å²) in [5.74, 6) is 0.469. The van der Waals surface area contributed by atoms with Crippen molar-refractivity contribution in [2.75, 3.05) is 7.11 Å². The Kier molecular flexibility index (Phi) is 2.65. The molecule has 0 radical (unpaired) electrons. The standard InChI is InChI=1S/C8H14N2O/c1-6(2)7-4-10-8(11-3)5-9-7/h4-6,8,10H,1-3H3. The van der Waals surface area contributed by atoms with Crippen LogP contribution in [0.25, 0.3) is 0 Å². The zero-order valence-corrected chi connectivity index (χ0v) is 7.16. The summed E-state index contributed by atoms with van der Waals surface area (Å²) in [5.41, 5.74) is 1.07. The van der Waals surface area contributed by atoms with Crippen molar-refractivity contribution >= 4 is 6.21 Å². The summed E-state index contributed by atoms with van der Waals surface area (Å²) in [7, 11) is 1.65. The molecule has 0 saturated carbocycles. The minimum Gasteiger partial charge on any atom is -0.360 e. The average molecular weight is 154 g/mol. The molecular formula is C8H14N2O. The van der Waals surface area contributed by atoms with E-state index in [0.29, 0.717) is 5.92 Å². The van der Waals surface area contributed by atoms with E-state index >= 15 is 0 Å². The van der Waals surface area contributed by atoms with Gasteiger partial charge in [0.2, 0.25) is 0 Å². The summed E-state index contributed by atoms with van der Waals surface area (Å²) in [5, 5.41) is 3.07. The molecule has 1 aliphatic rings. The van der Waals surface area contributed by atoms with Crippen LogP contribution in [0.5, 0.6) is 0 Å². The second kappa shape index (κ2) is 3.53. The van der Waals surface area contributed by atoms with Gasteiger partial charge in [-0.05, 0) is 5.92 Å². The van der Waals surface area contributed by atoms with Crippen molar-refractivity contribution in [1.82, 2.24) is 5.32 Å². The quantitative estimate of drug-likeness (QED) is 0.647. The Morgan fingerprint density at radius 2 is 2.36 bits per heavy atom. The van der Waals surface area contributed by atoms with Gasteiger partial charge in [-0.15, -0.1) is 0 Å². The Balaban J connectivity index is 2.53. The number of nitrogens with one attached hydrogen (secondary N) is 1. The number of hydrogen-bond acceptors (Lipinski definition) is 3. The van der Waals surface area contributed by atoms with Crippen molar-refractivity contribution < 1.29 is 4.74 Å². The molecule has 1 aliphatic heterocycles. The van der Waals surface area contributed by atoms with Crippen molar-refractivity contribution in [1.29, 1.82) is 0 Å². The number of aliphatic imine (C=N–C) groups is 1. The molecule has 0 fully saturated rings. The predicted molar refractivity (Wildman–Crippen MR) is 45.3 cm³/mol. The Bertz CT molecular complexity index is 185.